The largest absolute Gasteiger partial charge is 1.00 e. The zero-order valence-corrected chi connectivity index (χ0v) is 9.83. The second-order valence-corrected chi connectivity index (χ2v) is 4.20. The lowest BCUT2D eigenvalue weighted by atomic mass is 9.82. The van der Waals surface area contributed by atoms with Crippen molar-refractivity contribution in [3.05, 3.63) is 35.6 Å². The maximum Gasteiger partial charge on any atom is 0.123 e. The van der Waals surface area contributed by atoms with Crippen LogP contribution in [-0.4, -0.2) is 24.8 Å². The average Bonchev–Trinajstić information content (AvgIpc) is 2.30. The van der Waals surface area contributed by atoms with Gasteiger partial charge in [0.2, 0.25) is 0 Å². The van der Waals surface area contributed by atoms with Gasteiger partial charge >= 0.3 is 0 Å². The maximum atomic E-state index is 12.8. The Morgan fingerprint density at radius 2 is 2.00 bits per heavy atom. The first-order chi connectivity index (χ1) is 7.31. The lowest BCUT2D eigenvalue weighted by Gasteiger charge is -2.28. The zero-order chi connectivity index (χ0) is 10.7. The van der Waals surface area contributed by atoms with Crippen molar-refractivity contribution in [1.82, 2.24) is 0 Å². The van der Waals surface area contributed by atoms with Crippen molar-refractivity contribution in [2.45, 2.75) is 12.3 Å². The van der Waals surface area contributed by atoms with Gasteiger partial charge in [0.05, 0.1) is 19.7 Å². The molecule has 2 nitrogen and oxygen atoms in total. The number of nitrogens with two attached hydrogens (primary N) is 1. The van der Waals surface area contributed by atoms with Crippen LogP contribution in [0.25, 0.3) is 0 Å². The van der Waals surface area contributed by atoms with E-state index in [1.807, 2.05) is 12.1 Å². The van der Waals surface area contributed by atoms with E-state index in [9.17, 15) is 9.50 Å². The van der Waals surface area contributed by atoms with Crippen molar-refractivity contribution in [3.8, 4) is 0 Å². The predicted molar refractivity (Wildman–Crippen MR) is 56.0 cm³/mol. The van der Waals surface area contributed by atoms with E-state index in [1.165, 1.54) is 12.1 Å². The monoisotopic (exact) mass is 245 g/mol. The highest BCUT2D eigenvalue weighted by Gasteiger charge is 2.27. The molecule has 2 atom stereocenters. The molecule has 1 aliphatic heterocycles. The van der Waals surface area contributed by atoms with Crippen molar-refractivity contribution >= 4 is 0 Å². The Kier molecular flexibility index (Phi) is 5.19. The molecule has 0 bridgehead atoms. The van der Waals surface area contributed by atoms with E-state index in [0.29, 0.717) is 11.8 Å². The van der Waals surface area contributed by atoms with Crippen LogP contribution < -0.4 is 17.7 Å². The highest BCUT2D eigenvalue weighted by atomic mass is 35.5. The Morgan fingerprint density at radius 1 is 1.31 bits per heavy atom. The molecule has 0 saturated carbocycles. The van der Waals surface area contributed by atoms with E-state index < -0.39 is 0 Å². The summed E-state index contributed by atoms with van der Waals surface area (Å²) < 4.78 is 12.8. The molecule has 16 heavy (non-hydrogen) atoms. The van der Waals surface area contributed by atoms with Crippen molar-refractivity contribution < 1.29 is 27.2 Å². The number of aliphatic hydroxyl groups is 1. The second kappa shape index (κ2) is 6.18. The van der Waals surface area contributed by atoms with E-state index in [0.717, 1.165) is 25.1 Å². The van der Waals surface area contributed by atoms with E-state index >= 15 is 0 Å². The van der Waals surface area contributed by atoms with Crippen LogP contribution in [-0.2, 0) is 0 Å². The summed E-state index contributed by atoms with van der Waals surface area (Å²) in [4.78, 5) is 0. The number of hydrogen-bond donors (Lipinski definition) is 2. The topological polar surface area (TPSA) is 36.8 Å². The zero-order valence-electron chi connectivity index (χ0n) is 9.07. The van der Waals surface area contributed by atoms with Crippen molar-refractivity contribution in [3.63, 3.8) is 0 Å². The van der Waals surface area contributed by atoms with Crippen LogP contribution in [0, 0.1) is 11.7 Å². The lowest BCUT2D eigenvalue weighted by Crippen LogP contribution is -3.00. The molecular weight excluding hydrogens is 229 g/mol. The molecule has 90 valence electrons. The van der Waals surface area contributed by atoms with Crippen molar-refractivity contribution in [1.29, 1.82) is 0 Å². The summed E-state index contributed by atoms with van der Waals surface area (Å²) in [6.07, 6.45) is 1.07. The van der Waals surface area contributed by atoms with Crippen LogP contribution in [0.15, 0.2) is 24.3 Å². The van der Waals surface area contributed by atoms with Gasteiger partial charge in [-0.05, 0) is 23.6 Å². The quantitative estimate of drug-likeness (QED) is 0.594. The molecule has 0 amide bonds. The lowest BCUT2D eigenvalue weighted by molar-refractivity contribution is -0.670. The minimum absolute atomic E-state index is 0. The highest BCUT2D eigenvalue weighted by Crippen LogP contribution is 2.28. The summed E-state index contributed by atoms with van der Waals surface area (Å²) in [6, 6.07) is 6.69. The minimum atomic E-state index is -0.193. The Balaban J connectivity index is 0.00000128. The number of piperidine rings is 1. The minimum Gasteiger partial charge on any atom is -1.00 e. The second-order valence-electron chi connectivity index (χ2n) is 4.20. The summed E-state index contributed by atoms with van der Waals surface area (Å²) in [5, 5.41) is 11.5. The van der Waals surface area contributed by atoms with E-state index in [4.69, 9.17) is 0 Å². The van der Waals surface area contributed by atoms with Crippen LogP contribution in [0.5, 0.6) is 0 Å². The third-order valence-electron chi connectivity index (χ3n) is 3.25. The molecule has 1 saturated heterocycles. The molecule has 0 radical (unpaired) electrons. The SMILES string of the molecule is OC[C@@H]1C[NH2+]CC[C@H]1c1ccc(F)cc1.[Cl-]. The molecule has 1 fully saturated rings. The standard InChI is InChI=1S/C12H16FNO.ClH/c13-11-3-1-9(2-4-11)12-5-6-14-7-10(12)8-15;/h1-4,10,12,14-15H,5-8H2;1H/t10-,12-;/m0./s1. The molecule has 0 aliphatic carbocycles. The molecule has 2 rings (SSSR count). The van der Waals surface area contributed by atoms with Gasteiger partial charge in [-0.25, -0.2) is 4.39 Å². The summed E-state index contributed by atoms with van der Waals surface area (Å²) in [5.41, 5.74) is 1.16. The summed E-state index contributed by atoms with van der Waals surface area (Å²) in [6.45, 7) is 2.29. The highest BCUT2D eigenvalue weighted by molar-refractivity contribution is 5.21. The van der Waals surface area contributed by atoms with Gasteiger partial charge in [0, 0.05) is 12.3 Å². The fraction of sp³-hybridized carbons (Fsp3) is 0.500. The normalized spacial score (nSPS) is 24.9. The first kappa shape index (κ1) is 13.4. The maximum absolute atomic E-state index is 12.8. The van der Waals surface area contributed by atoms with Crippen LogP contribution in [0.2, 0.25) is 0 Å². The van der Waals surface area contributed by atoms with Crippen molar-refractivity contribution in [2.75, 3.05) is 19.7 Å². The number of aliphatic hydroxyl groups excluding tert-OH is 1. The third-order valence-corrected chi connectivity index (χ3v) is 3.25. The van der Waals surface area contributed by atoms with E-state index in [1.54, 1.807) is 0 Å². The molecule has 0 spiro atoms. The van der Waals surface area contributed by atoms with Crippen LogP contribution in [0.1, 0.15) is 17.9 Å². The molecule has 4 heteroatoms. The Morgan fingerprint density at radius 3 is 2.62 bits per heavy atom. The van der Waals surface area contributed by atoms with Crippen LogP contribution >= 0.6 is 0 Å². The number of quaternary nitrogens is 1. The molecule has 1 heterocycles. The van der Waals surface area contributed by atoms with Gasteiger partial charge in [0.1, 0.15) is 5.82 Å². The fourth-order valence-electron chi connectivity index (χ4n) is 2.38. The van der Waals surface area contributed by atoms with Crippen molar-refractivity contribution in [2.24, 2.45) is 5.92 Å². The summed E-state index contributed by atoms with van der Waals surface area (Å²) >= 11 is 0. The summed E-state index contributed by atoms with van der Waals surface area (Å²) in [5.74, 6) is 0.506. The van der Waals surface area contributed by atoms with Gasteiger partial charge in [-0.1, -0.05) is 12.1 Å². The van der Waals surface area contributed by atoms with Crippen LogP contribution in [0.4, 0.5) is 4.39 Å². The molecule has 3 N–H and O–H groups in total. The first-order valence-electron chi connectivity index (χ1n) is 5.49. The smallest absolute Gasteiger partial charge is 0.123 e. The van der Waals surface area contributed by atoms with Gasteiger partial charge in [-0.15, -0.1) is 0 Å². The molecule has 1 aliphatic rings. The van der Waals surface area contributed by atoms with E-state index in [2.05, 4.69) is 5.32 Å². The molecule has 1 aromatic rings. The van der Waals surface area contributed by atoms with Gasteiger partial charge in [-0.2, -0.15) is 0 Å². The first-order valence-corrected chi connectivity index (χ1v) is 5.49. The molecule has 0 aromatic heterocycles. The summed E-state index contributed by atoms with van der Waals surface area (Å²) in [7, 11) is 0. The number of hydrogen-bond acceptors (Lipinski definition) is 1. The molecule has 1 aromatic carbocycles. The van der Waals surface area contributed by atoms with Gasteiger partial charge in [0.25, 0.3) is 0 Å². The predicted octanol–water partition coefficient (Wildman–Crippen LogP) is -2.51. The molecular formula is C12H17ClFNO. The molecule has 0 unspecified atom stereocenters. The Hall–Kier alpha value is -0.640. The number of rotatable bonds is 2. The van der Waals surface area contributed by atoms with Gasteiger partial charge < -0.3 is 22.8 Å². The fourth-order valence-corrected chi connectivity index (χ4v) is 2.38. The van der Waals surface area contributed by atoms with Crippen LogP contribution in [0.3, 0.4) is 0 Å². The van der Waals surface area contributed by atoms with E-state index in [-0.39, 0.29) is 24.8 Å². The third kappa shape index (κ3) is 2.94. The number of benzene rings is 1. The average molecular weight is 246 g/mol. The Bertz CT molecular complexity index is 317. The number of halogens is 2. The van der Waals surface area contributed by atoms with Gasteiger partial charge in [0.15, 0.2) is 0 Å². The van der Waals surface area contributed by atoms with Gasteiger partial charge in [-0.3, -0.25) is 0 Å². The Labute approximate surface area is 101 Å².